The number of benzene rings is 2. The lowest BCUT2D eigenvalue weighted by molar-refractivity contribution is -0.120. The molecule has 0 radical (unpaired) electrons. The maximum Gasteiger partial charge on any atom is 0.243 e. The Hall–Kier alpha value is -2.58. The minimum absolute atomic E-state index is 0.104. The van der Waals surface area contributed by atoms with Gasteiger partial charge in [0, 0.05) is 37.1 Å². The summed E-state index contributed by atoms with van der Waals surface area (Å²) < 4.78 is 39.7. The van der Waals surface area contributed by atoms with Crippen LogP contribution in [0, 0.1) is 5.92 Å². The molecule has 0 bridgehead atoms. The maximum atomic E-state index is 13.3. The first kappa shape index (κ1) is 24.1. The van der Waals surface area contributed by atoms with Gasteiger partial charge in [-0.15, -0.1) is 0 Å². The Labute approximate surface area is 207 Å². The fourth-order valence-corrected chi connectivity index (χ4v) is 6.95. The molecule has 5 rings (SSSR count). The van der Waals surface area contributed by atoms with Crippen LogP contribution in [0.4, 0.5) is 5.69 Å². The zero-order valence-electron chi connectivity index (χ0n) is 20.5. The molecule has 1 atom stereocenters. The summed E-state index contributed by atoms with van der Waals surface area (Å²) in [6.45, 7) is 5.10. The Morgan fingerprint density at radius 1 is 1.09 bits per heavy atom. The van der Waals surface area contributed by atoms with E-state index in [-0.39, 0.29) is 17.9 Å². The third-order valence-electron chi connectivity index (χ3n) is 7.34. The average molecular weight is 499 g/mol. The van der Waals surface area contributed by atoms with Gasteiger partial charge < -0.3 is 14.8 Å². The molecule has 1 fully saturated rings. The highest BCUT2D eigenvalue weighted by molar-refractivity contribution is 7.89. The number of rotatable bonds is 6. The molecule has 1 aliphatic carbocycles. The highest BCUT2D eigenvalue weighted by Crippen LogP contribution is 2.38. The molecule has 2 aromatic carbocycles. The highest BCUT2D eigenvalue weighted by atomic mass is 32.2. The van der Waals surface area contributed by atoms with Crippen molar-refractivity contribution in [2.24, 2.45) is 5.92 Å². The van der Waals surface area contributed by atoms with Gasteiger partial charge in [-0.3, -0.25) is 4.79 Å². The lowest BCUT2D eigenvalue weighted by Crippen LogP contribution is -2.41. The molecule has 188 valence electrons. The van der Waals surface area contributed by atoms with Crippen LogP contribution in [0.3, 0.4) is 0 Å². The van der Waals surface area contributed by atoms with Crippen LogP contribution >= 0.6 is 0 Å². The van der Waals surface area contributed by atoms with Crippen LogP contribution in [0.2, 0.25) is 0 Å². The van der Waals surface area contributed by atoms with Gasteiger partial charge in [-0.2, -0.15) is 4.31 Å². The Kier molecular flexibility index (Phi) is 6.77. The second-order valence-electron chi connectivity index (χ2n) is 9.83. The first-order valence-corrected chi connectivity index (χ1v) is 14.2. The fourth-order valence-electron chi connectivity index (χ4n) is 5.42. The molecular weight excluding hydrogens is 464 g/mol. The molecule has 2 heterocycles. The van der Waals surface area contributed by atoms with Crippen molar-refractivity contribution in [1.82, 2.24) is 4.31 Å². The molecule has 0 aromatic heterocycles. The molecule has 3 aliphatic rings. The van der Waals surface area contributed by atoms with E-state index in [0.717, 1.165) is 42.6 Å². The third kappa shape index (κ3) is 4.91. The number of nitrogens with one attached hydrogen (secondary N) is 1. The number of sulfonamides is 1. The largest absolute Gasteiger partial charge is 0.492 e. The molecule has 2 aliphatic heterocycles. The number of carbonyl (C=O) groups is 1. The van der Waals surface area contributed by atoms with Crippen molar-refractivity contribution >= 4 is 21.6 Å². The molecule has 7 nitrogen and oxygen atoms in total. The van der Waals surface area contributed by atoms with Crippen LogP contribution in [0.15, 0.2) is 35.2 Å². The van der Waals surface area contributed by atoms with Crippen molar-refractivity contribution in [2.45, 2.75) is 69.8 Å². The van der Waals surface area contributed by atoms with E-state index < -0.39 is 10.0 Å². The zero-order valence-corrected chi connectivity index (χ0v) is 21.3. The molecule has 0 spiro atoms. The Morgan fingerprint density at radius 2 is 1.83 bits per heavy atom. The summed E-state index contributed by atoms with van der Waals surface area (Å²) in [5.74, 6) is 1.06. The first-order valence-electron chi connectivity index (χ1n) is 12.7. The molecule has 1 amide bonds. The normalized spacial score (nSPS) is 20.6. The number of anilines is 1. The van der Waals surface area contributed by atoms with E-state index in [1.54, 1.807) is 6.07 Å². The van der Waals surface area contributed by atoms with Gasteiger partial charge in [0.25, 0.3) is 0 Å². The lowest BCUT2D eigenvalue weighted by Gasteiger charge is -2.31. The standard InChI is InChI=1S/C27H34N2O5S/c1-3-33-26-16-22-14-18(2)34-25(22)17-24(26)28-27(30)20-10-12-29(13-11-20)35(31,32)23-9-8-19-6-4-5-7-21(19)15-23/h8-9,15-18,20H,3-7,10-14H2,1-2H3,(H,28,30). The summed E-state index contributed by atoms with van der Waals surface area (Å²) in [4.78, 5) is 13.5. The minimum Gasteiger partial charge on any atom is -0.492 e. The van der Waals surface area contributed by atoms with Crippen molar-refractivity contribution < 1.29 is 22.7 Å². The summed E-state index contributed by atoms with van der Waals surface area (Å²) >= 11 is 0. The Bertz CT molecular complexity index is 1220. The number of ether oxygens (including phenoxy) is 2. The predicted molar refractivity (Wildman–Crippen MR) is 135 cm³/mol. The van der Waals surface area contributed by atoms with Crippen molar-refractivity contribution in [1.29, 1.82) is 0 Å². The van der Waals surface area contributed by atoms with Crippen molar-refractivity contribution in [2.75, 3.05) is 25.0 Å². The van der Waals surface area contributed by atoms with Crippen LogP contribution in [-0.4, -0.2) is 44.4 Å². The van der Waals surface area contributed by atoms with E-state index in [1.807, 2.05) is 38.1 Å². The van der Waals surface area contributed by atoms with Crippen LogP contribution in [-0.2, 0) is 34.1 Å². The van der Waals surface area contributed by atoms with E-state index in [0.29, 0.717) is 48.9 Å². The fraction of sp³-hybridized carbons (Fsp3) is 0.519. The smallest absolute Gasteiger partial charge is 0.243 e. The Morgan fingerprint density at radius 3 is 2.57 bits per heavy atom. The Balaban J connectivity index is 1.24. The quantitative estimate of drug-likeness (QED) is 0.641. The van der Waals surface area contributed by atoms with Gasteiger partial charge in [0.2, 0.25) is 15.9 Å². The van der Waals surface area contributed by atoms with Crippen LogP contribution in [0.1, 0.15) is 56.2 Å². The summed E-state index contributed by atoms with van der Waals surface area (Å²) in [7, 11) is -3.56. The van der Waals surface area contributed by atoms with Crippen LogP contribution < -0.4 is 14.8 Å². The predicted octanol–water partition coefficient (Wildman–Crippen LogP) is 4.33. The SMILES string of the molecule is CCOc1cc2c(cc1NC(=O)C1CCN(S(=O)(=O)c3ccc4c(c3)CCCC4)CC1)OC(C)C2. The van der Waals surface area contributed by atoms with Gasteiger partial charge in [0.05, 0.1) is 17.2 Å². The van der Waals surface area contributed by atoms with Gasteiger partial charge >= 0.3 is 0 Å². The van der Waals surface area contributed by atoms with Gasteiger partial charge in [0.15, 0.2) is 0 Å². The van der Waals surface area contributed by atoms with Crippen molar-refractivity contribution in [3.05, 3.63) is 47.0 Å². The second kappa shape index (κ2) is 9.82. The van der Waals surface area contributed by atoms with E-state index in [1.165, 1.54) is 16.3 Å². The zero-order chi connectivity index (χ0) is 24.6. The first-order chi connectivity index (χ1) is 16.8. The summed E-state index contributed by atoms with van der Waals surface area (Å²) in [6, 6.07) is 9.36. The maximum absolute atomic E-state index is 13.3. The summed E-state index contributed by atoms with van der Waals surface area (Å²) in [5, 5.41) is 3.02. The molecule has 1 N–H and O–H groups in total. The summed E-state index contributed by atoms with van der Waals surface area (Å²) in [6.07, 6.45) is 6.13. The molecule has 8 heteroatoms. The third-order valence-corrected chi connectivity index (χ3v) is 9.23. The van der Waals surface area contributed by atoms with E-state index in [9.17, 15) is 13.2 Å². The number of hydrogen-bond donors (Lipinski definition) is 1. The molecule has 1 saturated heterocycles. The number of piperidine rings is 1. The monoisotopic (exact) mass is 498 g/mol. The van der Waals surface area contributed by atoms with Crippen LogP contribution in [0.5, 0.6) is 11.5 Å². The summed E-state index contributed by atoms with van der Waals surface area (Å²) in [5.41, 5.74) is 4.11. The topological polar surface area (TPSA) is 84.9 Å². The van der Waals surface area contributed by atoms with Gasteiger partial charge in [-0.25, -0.2) is 8.42 Å². The number of amides is 1. The minimum atomic E-state index is -3.56. The molecule has 1 unspecified atom stereocenters. The second-order valence-corrected chi connectivity index (χ2v) is 11.8. The number of carbonyl (C=O) groups excluding carboxylic acids is 1. The molecule has 2 aromatic rings. The molecule has 0 saturated carbocycles. The van der Waals surface area contributed by atoms with Gasteiger partial charge in [-0.1, -0.05) is 6.07 Å². The van der Waals surface area contributed by atoms with Crippen molar-refractivity contribution in [3.63, 3.8) is 0 Å². The average Bonchev–Trinajstić information content (AvgIpc) is 3.22. The van der Waals surface area contributed by atoms with Gasteiger partial charge in [-0.05, 0) is 81.7 Å². The van der Waals surface area contributed by atoms with Crippen molar-refractivity contribution in [3.8, 4) is 11.5 Å². The van der Waals surface area contributed by atoms with E-state index in [2.05, 4.69) is 5.32 Å². The number of fused-ring (bicyclic) bond motifs is 2. The number of hydrogen-bond acceptors (Lipinski definition) is 5. The molecular formula is C27H34N2O5S. The number of nitrogens with zero attached hydrogens (tertiary/aromatic N) is 1. The van der Waals surface area contributed by atoms with Gasteiger partial charge in [0.1, 0.15) is 17.6 Å². The van der Waals surface area contributed by atoms with E-state index in [4.69, 9.17) is 9.47 Å². The van der Waals surface area contributed by atoms with Crippen LogP contribution in [0.25, 0.3) is 0 Å². The van der Waals surface area contributed by atoms with E-state index >= 15 is 0 Å². The number of aryl methyl sites for hydroxylation is 2. The lowest BCUT2D eigenvalue weighted by atomic mass is 9.92. The molecule has 35 heavy (non-hydrogen) atoms. The highest BCUT2D eigenvalue weighted by Gasteiger charge is 2.33.